The first kappa shape index (κ1) is 63.6. The summed E-state index contributed by atoms with van der Waals surface area (Å²) >= 11 is 0. The van der Waals surface area contributed by atoms with E-state index < -0.39 is 5.97 Å². The number of aromatic carboxylic acids is 1. The number of pyridine rings is 3. The zero-order chi connectivity index (χ0) is 69.3. The number of fused-ring (bicyclic) bond motifs is 6. The molecule has 0 spiro atoms. The predicted molar refractivity (Wildman–Crippen MR) is 392 cm³/mol. The van der Waals surface area contributed by atoms with Gasteiger partial charge in [-0.15, -0.1) is 0 Å². The summed E-state index contributed by atoms with van der Waals surface area (Å²) in [7, 11) is 5.87. The van der Waals surface area contributed by atoms with Crippen molar-refractivity contribution < 1.29 is 19.5 Å². The van der Waals surface area contributed by atoms with E-state index in [1.54, 1.807) is 32.1 Å². The summed E-state index contributed by atoms with van der Waals surface area (Å²) in [6, 6.07) is 41.2. The topological polar surface area (TPSA) is 284 Å². The highest BCUT2D eigenvalue weighted by molar-refractivity contribution is 6.03. The second-order valence-electron chi connectivity index (χ2n) is 27.6. The van der Waals surface area contributed by atoms with E-state index >= 15 is 0 Å². The zero-order valence-electron chi connectivity index (χ0n) is 56.9. The number of hydrogen-bond donors (Lipinski definition) is 5. The van der Waals surface area contributed by atoms with Crippen molar-refractivity contribution in [2.24, 2.45) is 5.73 Å². The van der Waals surface area contributed by atoms with Crippen LogP contribution in [0.25, 0.3) is 83.8 Å². The Morgan fingerprint density at radius 3 is 1.20 bits per heavy atom. The number of carbonyl (C=O) groups is 3. The maximum Gasteiger partial charge on any atom is 0.341 e. The van der Waals surface area contributed by atoms with Gasteiger partial charge in [0.25, 0.3) is 11.8 Å². The van der Waals surface area contributed by atoms with Crippen molar-refractivity contribution in [1.29, 1.82) is 0 Å². The van der Waals surface area contributed by atoms with Crippen LogP contribution in [0.5, 0.6) is 0 Å². The van der Waals surface area contributed by atoms with Crippen LogP contribution >= 0.6 is 0 Å². The number of nitrogens with two attached hydrogens (primary N) is 1. The Balaban J connectivity index is 0.000000111. The van der Waals surface area contributed by atoms with Crippen LogP contribution in [-0.2, 0) is 13.1 Å². The summed E-state index contributed by atoms with van der Waals surface area (Å²) in [6.45, 7) is 1.35. The lowest BCUT2D eigenvalue weighted by atomic mass is 10.1. The summed E-state index contributed by atoms with van der Waals surface area (Å²) in [4.78, 5) is 70.4. The zero-order valence-corrected chi connectivity index (χ0v) is 56.9. The molecule has 2 amide bonds. The Morgan fingerprint density at radius 1 is 0.471 bits per heavy atom. The van der Waals surface area contributed by atoms with Gasteiger partial charge in [-0.3, -0.25) is 9.59 Å². The lowest BCUT2D eigenvalue weighted by Gasteiger charge is -2.21. The van der Waals surface area contributed by atoms with E-state index in [0.717, 1.165) is 123 Å². The number of amides is 2. The van der Waals surface area contributed by atoms with Gasteiger partial charge in [0.15, 0.2) is 16.9 Å². The van der Waals surface area contributed by atoms with E-state index in [1.807, 2.05) is 106 Å². The number of aromatic nitrogens is 15. The number of carboxylic acid groups (broad SMARTS) is 1. The number of benzene rings is 2. The lowest BCUT2D eigenvalue weighted by Crippen LogP contribution is -2.25. The van der Waals surface area contributed by atoms with E-state index in [9.17, 15) is 19.5 Å². The molecule has 14 aromatic rings. The first-order valence-corrected chi connectivity index (χ1v) is 35.2. The third-order valence-electron chi connectivity index (χ3n) is 19.5. The molecule has 6 aliphatic rings. The number of anilines is 3. The molecule has 6 N–H and O–H groups in total. The minimum Gasteiger partial charge on any atom is -0.477 e. The molecule has 0 aliphatic heterocycles. The molecule has 6 aliphatic carbocycles. The van der Waals surface area contributed by atoms with Crippen LogP contribution in [0.2, 0.25) is 0 Å². The number of carbonyl (C=O) groups excluding carboxylic acids is 2. The molecule has 514 valence electrons. The number of hydrogen-bond acceptors (Lipinski definition) is 16. The molecule has 0 radical (unpaired) electrons. The van der Waals surface area contributed by atoms with Crippen molar-refractivity contribution >= 4 is 85.3 Å². The molecule has 12 aromatic heterocycles. The highest BCUT2D eigenvalue weighted by Gasteiger charge is 2.33. The smallest absolute Gasteiger partial charge is 0.341 e. The Hall–Kier alpha value is -11.9. The summed E-state index contributed by atoms with van der Waals surface area (Å²) in [5, 5.41) is 35.5. The molecular weight excluding hydrogens is 1280 g/mol. The molecule has 20 rings (SSSR count). The Bertz CT molecular complexity index is 5510. The molecule has 0 saturated heterocycles. The maximum atomic E-state index is 13.1. The standard InChI is InChI=1S/C28H27N7O.C25H22N6O2.C21H21N7O.C3H7N/c1-33(16-18-6-3-2-4-7-18)25-14-24(23-17-34(20-11-12-20)26-21(23)8-5-13-29-26)32-27-22(15-30-35(25)27)28(36)31-19-9-10-19;1-29(14-16-6-3-2-4-7-16)22-12-21(28-24-19(25(32)33)13-27-31(22)24)20-15-30(17-9-10-17)23-18(20)8-5-11-26-23;1-22-18-9-17(16-11-27(13-6-7-13)19-14(16)3-2-8-23-19)26-20-15(10-24-28(18)20)21(29)25-12-4-5-12;4-3-1-2-3/h2-8,13-15,17,19-20H,9-12,16H2,1H3,(H,31,36);2-8,11-13,15,17H,9-10,14H2,1H3,(H,32,33);2-3,8-13,22H,4-7H2,1H3,(H,25,29);3H,1-2,4H2. The monoisotopic (exact) mass is 1360 g/mol. The fourth-order valence-corrected chi connectivity index (χ4v) is 13.2. The summed E-state index contributed by atoms with van der Waals surface area (Å²) < 4.78 is 11.8. The average Bonchev–Trinajstić information content (AvgIpc) is 1.57. The van der Waals surface area contributed by atoms with Gasteiger partial charge in [-0.25, -0.2) is 34.7 Å². The lowest BCUT2D eigenvalue weighted by molar-refractivity contribution is 0.0698. The molecule has 25 heteroatoms. The normalized spacial score (nSPS) is 15.6. The second-order valence-corrected chi connectivity index (χ2v) is 27.6. The molecular formula is C77H77N21O4. The van der Waals surface area contributed by atoms with Gasteiger partial charge in [0.1, 0.15) is 51.1 Å². The van der Waals surface area contributed by atoms with Crippen molar-refractivity contribution in [2.45, 2.75) is 126 Å². The van der Waals surface area contributed by atoms with E-state index in [4.69, 9.17) is 20.7 Å². The molecule has 2 aromatic carbocycles. The quantitative estimate of drug-likeness (QED) is 0.0534. The molecule has 0 bridgehead atoms. The molecule has 0 atom stereocenters. The van der Waals surface area contributed by atoms with Gasteiger partial charge in [0.2, 0.25) is 0 Å². The van der Waals surface area contributed by atoms with E-state index in [1.165, 1.54) is 50.3 Å². The minimum atomic E-state index is -1.05. The van der Waals surface area contributed by atoms with Gasteiger partial charge in [-0.05, 0) is 125 Å². The van der Waals surface area contributed by atoms with Crippen LogP contribution in [0, 0.1) is 0 Å². The number of carboxylic acids is 1. The molecule has 0 unspecified atom stereocenters. The molecule has 6 saturated carbocycles. The first-order valence-electron chi connectivity index (χ1n) is 35.2. The van der Waals surface area contributed by atoms with Crippen LogP contribution in [-0.4, -0.2) is 135 Å². The van der Waals surface area contributed by atoms with Gasteiger partial charge in [-0.1, -0.05) is 60.7 Å². The number of rotatable bonds is 18. The molecule has 102 heavy (non-hydrogen) atoms. The van der Waals surface area contributed by atoms with Crippen molar-refractivity contribution in [2.75, 3.05) is 36.3 Å². The Morgan fingerprint density at radius 2 is 0.833 bits per heavy atom. The molecule has 12 heterocycles. The molecule has 25 nitrogen and oxygen atoms in total. The van der Waals surface area contributed by atoms with Gasteiger partial charge in [0, 0.05) is 159 Å². The fraction of sp³-hybridized carbons (Fsp3) is 0.299. The van der Waals surface area contributed by atoms with Crippen molar-refractivity contribution in [3.8, 4) is 33.8 Å². The Labute approximate surface area is 586 Å². The van der Waals surface area contributed by atoms with Crippen LogP contribution in [0.3, 0.4) is 0 Å². The van der Waals surface area contributed by atoms with Gasteiger partial charge < -0.3 is 50.3 Å². The second kappa shape index (κ2) is 26.3. The maximum absolute atomic E-state index is 13.1. The number of nitrogens with zero attached hydrogens (tertiary/aromatic N) is 17. The van der Waals surface area contributed by atoms with Crippen molar-refractivity contribution in [1.82, 2.24) is 83.1 Å². The average molecular weight is 1360 g/mol. The van der Waals surface area contributed by atoms with Crippen LogP contribution < -0.4 is 31.5 Å². The van der Waals surface area contributed by atoms with Crippen LogP contribution in [0.4, 0.5) is 17.5 Å². The third kappa shape index (κ3) is 12.9. The van der Waals surface area contributed by atoms with Gasteiger partial charge in [-0.2, -0.15) is 28.8 Å². The summed E-state index contributed by atoms with van der Waals surface area (Å²) in [5.41, 5.74) is 18.3. The number of nitrogens with one attached hydrogen (secondary N) is 3. The van der Waals surface area contributed by atoms with E-state index in [0.29, 0.717) is 71.0 Å². The van der Waals surface area contributed by atoms with Gasteiger partial charge >= 0.3 is 5.97 Å². The largest absolute Gasteiger partial charge is 0.477 e. The van der Waals surface area contributed by atoms with E-state index in [2.05, 4.69) is 131 Å². The van der Waals surface area contributed by atoms with Crippen LogP contribution in [0.1, 0.15) is 137 Å². The molecule has 6 fully saturated rings. The highest BCUT2D eigenvalue weighted by atomic mass is 16.4. The van der Waals surface area contributed by atoms with Crippen LogP contribution in [0.15, 0.2) is 171 Å². The van der Waals surface area contributed by atoms with E-state index in [-0.39, 0.29) is 29.5 Å². The van der Waals surface area contributed by atoms with Gasteiger partial charge in [0.05, 0.1) is 35.7 Å². The van der Waals surface area contributed by atoms with Crippen molar-refractivity contribution in [3.05, 3.63) is 199 Å². The Kier molecular flexibility index (Phi) is 16.4. The van der Waals surface area contributed by atoms with Crippen molar-refractivity contribution in [3.63, 3.8) is 0 Å². The third-order valence-corrected chi connectivity index (χ3v) is 19.5. The fourth-order valence-electron chi connectivity index (χ4n) is 13.2. The SMILES string of the molecule is CN(Cc1ccccc1)c1cc(-c2cn(C3CC3)c3ncccc23)nc2c(C(=O)NC3CC3)cnn12.CN(Cc1ccccc1)c1cc(-c2cn(C3CC3)c3ncccc23)nc2c(C(=O)O)cnn12.CNc1cc(-c2cn(C3CC3)c3ncccc23)nc2c(C(=O)NC3CC3)cnn12.NC1CC1. The predicted octanol–water partition coefficient (Wildman–Crippen LogP) is 12.1. The highest BCUT2D eigenvalue weighted by Crippen LogP contribution is 2.44. The summed E-state index contributed by atoms with van der Waals surface area (Å²) in [6.07, 6.45) is 30.2. The summed E-state index contributed by atoms with van der Waals surface area (Å²) in [5.74, 6) is 1.15. The minimum absolute atomic E-state index is 0.0790. The first-order chi connectivity index (χ1) is 49.9.